The van der Waals surface area contributed by atoms with E-state index in [9.17, 15) is 0 Å². The second kappa shape index (κ2) is 10.8. The summed E-state index contributed by atoms with van der Waals surface area (Å²) in [4.78, 5) is 13.7. The van der Waals surface area contributed by atoms with Crippen molar-refractivity contribution in [2.24, 2.45) is 4.99 Å². The molecule has 0 aromatic carbocycles. The van der Waals surface area contributed by atoms with E-state index in [1.807, 2.05) is 18.2 Å². The molecule has 2 heterocycles. The first kappa shape index (κ1) is 20.1. The maximum Gasteiger partial charge on any atom is 0.191 e. The van der Waals surface area contributed by atoms with Gasteiger partial charge in [0.2, 0.25) is 0 Å². The molecular formula is C16H29IN6. The zero-order valence-corrected chi connectivity index (χ0v) is 16.7. The molecule has 1 unspecified atom stereocenters. The third kappa shape index (κ3) is 7.01. The molecule has 23 heavy (non-hydrogen) atoms. The normalized spacial score (nSPS) is 20.0. The average Bonchev–Trinajstić information content (AvgIpc) is 2.54. The van der Waals surface area contributed by atoms with Gasteiger partial charge in [-0.3, -0.25) is 9.88 Å². The number of halogens is 1. The number of piperazine rings is 1. The van der Waals surface area contributed by atoms with E-state index in [4.69, 9.17) is 0 Å². The average molecular weight is 432 g/mol. The zero-order valence-electron chi connectivity index (χ0n) is 14.3. The minimum Gasteiger partial charge on any atom is -0.357 e. The number of likely N-dealkylation sites (N-methyl/N-ethyl adjacent to an activating group) is 2. The SMILES string of the molecule is CCNC(=NCc1ccccn1)NCC1CN(C)CCN1C.I. The van der Waals surface area contributed by atoms with Crippen molar-refractivity contribution >= 4 is 29.9 Å². The molecule has 0 bridgehead atoms. The number of aliphatic imine (C=N–C) groups is 1. The first-order chi connectivity index (χ1) is 10.7. The van der Waals surface area contributed by atoms with Gasteiger partial charge in [-0.1, -0.05) is 6.07 Å². The molecule has 1 fully saturated rings. The summed E-state index contributed by atoms with van der Waals surface area (Å²) in [5.41, 5.74) is 0.981. The van der Waals surface area contributed by atoms with Crippen molar-refractivity contribution in [3.05, 3.63) is 30.1 Å². The van der Waals surface area contributed by atoms with E-state index in [1.54, 1.807) is 6.20 Å². The quantitative estimate of drug-likeness (QED) is 0.413. The fourth-order valence-electron chi connectivity index (χ4n) is 2.53. The van der Waals surface area contributed by atoms with E-state index in [0.29, 0.717) is 12.6 Å². The van der Waals surface area contributed by atoms with Crippen molar-refractivity contribution in [2.45, 2.75) is 19.5 Å². The number of aromatic nitrogens is 1. The summed E-state index contributed by atoms with van der Waals surface area (Å²) < 4.78 is 0. The zero-order chi connectivity index (χ0) is 15.8. The Bertz CT molecular complexity index is 467. The number of hydrogen-bond donors (Lipinski definition) is 2. The van der Waals surface area contributed by atoms with Gasteiger partial charge in [-0.2, -0.15) is 0 Å². The van der Waals surface area contributed by atoms with Gasteiger partial charge in [-0.15, -0.1) is 24.0 Å². The minimum atomic E-state index is 0. The molecule has 1 aliphatic rings. The van der Waals surface area contributed by atoms with E-state index in [1.165, 1.54) is 0 Å². The van der Waals surface area contributed by atoms with Crippen LogP contribution in [0, 0.1) is 0 Å². The van der Waals surface area contributed by atoms with E-state index in [0.717, 1.165) is 44.4 Å². The van der Waals surface area contributed by atoms with E-state index >= 15 is 0 Å². The van der Waals surface area contributed by atoms with Crippen LogP contribution in [0.15, 0.2) is 29.4 Å². The van der Waals surface area contributed by atoms with Crippen LogP contribution in [-0.2, 0) is 6.54 Å². The van der Waals surface area contributed by atoms with Crippen LogP contribution in [0.4, 0.5) is 0 Å². The second-order valence-electron chi connectivity index (χ2n) is 5.79. The Morgan fingerprint density at radius 2 is 2.13 bits per heavy atom. The van der Waals surface area contributed by atoms with Crippen LogP contribution in [0.1, 0.15) is 12.6 Å². The number of hydrogen-bond acceptors (Lipinski definition) is 4. The smallest absolute Gasteiger partial charge is 0.191 e. The minimum absolute atomic E-state index is 0. The summed E-state index contributed by atoms with van der Waals surface area (Å²) in [7, 11) is 4.37. The number of guanidine groups is 1. The Morgan fingerprint density at radius 1 is 1.30 bits per heavy atom. The molecule has 2 rings (SSSR count). The third-order valence-corrected chi connectivity index (χ3v) is 3.95. The molecule has 1 aromatic heterocycles. The van der Waals surface area contributed by atoms with Crippen LogP contribution in [0.5, 0.6) is 0 Å². The van der Waals surface area contributed by atoms with Crippen molar-refractivity contribution in [1.82, 2.24) is 25.4 Å². The topological polar surface area (TPSA) is 55.8 Å². The molecule has 1 atom stereocenters. The fourth-order valence-corrected chi connectivity index (χ4v) is 2.53. The summed E-state index contributed by atoms with van der Waals surface area (Å²) in [6, 6.07) is 6.42. The number of nitrogens with one attached hydrogen (secondary N) is 2. The standard InChI is InChI=1S/C16H28N6.HI/c1-4-17-16(19-11-14-7-5-6-8-18-14)20-12-15-13-21(2)9-10-22(15)3;/h5-8,15H,4,9-13H2,1-3H3,(H2,17,19,20);1H. The predicted octanol–water partition coefficient (Wildman–Crippen LogP) is 1.00. The highest BCUT2D eigenvalue weighted by atomic mass is 127. The molecule has 0 amide bonds. The maximum absolute atomic E-state index is 4.61. The summed E-state index contributed by atoms with van der Waals surface area (Å²) >= 11 is 0. The Labute approximate surface area is 156 Å². The van der Waals surface area contributed by atoms with Gasteiger partial charge in [-0.05, 0) is 33.2 Å². The summed E-state index contributed by atoms with van der Waals surface area (Å²) in [5.74, 6) is 0.856. The lowest BCUT2D eigenvalue weighted by Crippen LogP contribution is -2.55. The van der Waals surface area contributed by atoms with Gasteiger partial charge in [0.15, 0.2) is 5.96 Å². The molecule has 2 N–H and O–H groups in total. The first-order valence-electron chi connectivity index (χ1n) is 8.00. The molecule has 1 saturated heterocycles. The van der Waals surface area contributed by atoms with Gasteiger partial charge in [0.1, 0.15) is 0 Å². The highest BCUT2D eigenvalue weighted by Crippen LogP contribution is 2.04. The molecule has 7 heteroatoms. The lowest BCUT2D eigenvalue weighted by atomic mass is 10.2. The molecule has 0 aliphatic carbocycles. The van der Waals surface area contributed by atoms with Crippen LogP contribution >= 0.6 is 24.0 Å². The maximum atomic E-state index is 4.61. The van der Waals surface area contributed by atoms with Gasteiger partial charge in [0, 0.05) is 45.0 Å². The highest BCUT2D eigenvalue weighted by molar-refractivity contribution is 14.0. The second-order valence-corrected chi connectivity index (χ2v) is 5.79. The molecule has 130 valence electrons. The number of nitrogens with zero attached hydrogens (tertiary/aromatic N) is 4. The van der Waals surface area contributed by atoms with Crippen LogP contribution in [0.3, 0.4) is 0 Å². The van der Waals surface area contributed by atoms with E-state index < -0.39 is 0 Å². The number of pyridine rings is 1. The molecule has 6 nitrogen and oxygen atoms in total. The third-order valence-electron chi connectivity index (χ3n) is 3.95. The highest BCUT2D eigenvalue weighted by Gasteiger charge is 2.21. The Hall–Kier alpha value is -0.930. The predicted molar refractivity (Wildman–Crippen MR) is 106 cm³/mol. The van der Waals surface area contributed by atoms with Gasteiger partial charge in [-0.25, -0.2) is 4.99 Å². The lowest BCUT2D eigenvalue weighted by molar-refractivity contribution is 0.116. The molecule has 0 saturated carbocycles. The van der Waals surface area contributed by atoms with Crippen LogP contribution in [0.25, 0.3) is 0 Å². The molecule has 1 aromatic rings. The molecular weight excluding hydrogens is 403 g/mol. The summed E-state index contributed by atoms with van der Waals surface area (Å²) in [6.07, 6.45) is 1.80. The van der Waals surface area contributed by atoms with Crippen LogP contribution in [-0.4, -0.2) is 73.6 Å². The van der Waals surface area contributed by atoms with Crippen molar-refractivity contribution in [2.75, 3.05) is 46.8 Å². The van der Waals surface area contributed by atoms with Gasteiger partial charge in [0.05, 0.1) is 12.2 Å². The summed E-state index contributed by atoms with van der Waals surface area (Å²) in [5, 5.41) is 6.75. The summed E-state index contributed by atoms with van der Waals surface area (Å²) in [6.45, 7) is 7.77. The van der Waals surface area contributed by atoms with E-state index in [-0.39, 0.29) is 24.0 Å². The molecule has 0 radical (unpaired) electrons. The number of rotatable bonds is 5. The van der Waals surface area contributed by atoms with Crippen molar-refractivity contribution in [1.29, 1.82) is 0 Å². The molecule has 0 spiro atoms. The Kier molecular flexibility index (Phi) is 9.42. The van der Waals surface area contributed by atoms with E-state index in [2.05, 4.69) is 51.4 Å². The monoisotopic (exact) mass is 432 g/mol. The van der Waals surface area contributed by atoms with Gasteiger partial charge < -0.3 is 15.5 Å². The van der Waals surface area contributed by atoms with Crippen LogP contribution < -0.4 is 10.6 Å². The van der Waals surface area contributed by atoms with Crippen molar-refractivity contribution in [3.63, 3.8) is 0 Å². The first-order valence-corrected chi connectivity index (χ1v) is 8.00. The Balaban J connectivity index is 0.00000264. The fraction of sp³-hybridized carbons (Fsp3) is 0.625. The molecule has 1 aliphatic heterocycles. The van der Waals surface area contributed by atoms with Crippen molar-refractivity contribution in [3.8, 4) is 0 Å². The van der Waals surface area contributed by atoms with Gasteiger partial charge >= 0.3 is 0 Å². The van der Waals surface area contributed by atoms with Crippen LogP contribution in [0.2, 0.25) is 0 Å². The lowest BCUT2D eigenvalue weighted by Gasteiger charge is -2.37. The van der Waals surface area contributed by atoms with Gasteiger partial charge in [0.25, 0.3) is 0 Å². The largest absolute Gasteiger partial charge is 0.357 e. The Morgan fingerprint density at radius 3 is 2.83 bits per heavy atom. The van der Waals surface area contributed by atoms with Crippen molar-refractivity contribution < 1.29 is 0 Å².